The molecule has 3 heteroatoms. The van der Waals surface area contributed by atoms with Gasteiger partial charge in [-0.05, 0) is 24.6 Å². The molecular weight excluding hydrogens is 169 g/mol. The summed E-state index contributed by atoms with van der Waals surface area (Å²) in [5, 5.41) is 0. The van der Waals surface area contributed by atoms with E-state index in [9.17, 15) is 4.39 Å². The molecular formula is C10H10FNO. The van der Waals surface area contributed by atoms with Crippen molar-refractivity contribution >= 4 is 5.90 Å². The van der Waals surface area contributed by atoms with Gasteiger partial charge in [-0.3, -0.25) is 0 Å². The van der Waals surface area contributed by atoms with Gasteiger partial charge in [-0.1, -0.05) is 6.07 Å². The summed E-state index contributed by atoms with van der Waals surface area (Å²) in [4.78, 5) is 4.14. The third-order valence-electron chi connectivity index (χ3n) is 2.02. The predicted octanol–water partition coefficient (Wildman–Crippen LogP) is 1.91. The molecule has 0 bridgehead atoms. The van der Waals surface area contributed by atoms with Crippen LogP contribution in [0.25, 0.3) is 0 Å². The largest absolute Gasteiger partial charge is 0.476 e. The molecule has 1 aliphatic rings. The lowest BCUT2D eigenvalue weighted by atomic mass is 10.1. The Balaban J connectivity index is 2.43. The van der Waals surface area contributed by atoms with Crippen LogP contribution in [-0.4, -0.2) is 19.0 Å². The Morgan fingerprint density at radius 1 is 1.46 bits per heavy atom. The highest BCUT2D eigenvalue weighted by Gasteiger charge is 2.12. The number of nitrogens with zero attached hydrogens (tertiary/aromatic N) is 1. The molecule has 0 spiro atoms. The average molecular weight is 179 g/mol. The van der Waals surface area contributed by atoms with Crippen molar-refractivity contribution in [1.82, 2.24) is 0 Å². The minimum atomic E-state index is -0.251. The molecule has 0 aromatic heterocycles. The van der Waals surface area contributed by atoms with Gasteiger partial charge in [-0.25, -0.2) is 9.38 Å². The van der Waals surface area contributed by atoms with Gasteiger partial charge in [0.1, 0.15) is 12.4 Å². The molecule has 0 saturated carbocycles. The van der Waals surface area contributed by atoms with E-state index in [2.05, 4.69) is 4.99 Å². The van der Waals surface area contributed by atoms with Crippen LogP contribution in [0.1, 0.15) is 11.1 Å². The summed E-state index contributed by atoms with van der Waals surface area (Å²) in [7, 11) is 0. The molecule has 1 aliphatic heterocycles. The van der Waals surface area contributed by atoms with Crippen molar-refractivity contribution in [2.24, 2.45) is 4.99 Å². The van der Waals surface area contributed by atoms with Crippen LogP contribution in [0.15, 0.2) is 23.2 Å². The van der Waals surface area contributed by atoms with E-state index in [1.54, 1.807) is 6.07 Å². The molecule has 2 rings (SSSR count). The zero-order chi connectivity index (χ0) is 9.26. The van der Waals surface area contributed by atoms with Gasteiger partial charge in [0.15, 0.2) is 0 Å². The smallest absolute Gasteiger partial charge is 0.216 e. The number of halogens is 1. The highest BCUT2D eigenvalue weighted by Crippen LogP contribution is 2.14. The van der Waals surface area contributed by atoms with Crippen molar-refractivity contribution in [3.8, 4) is 0 Å². The van der Waals surface area contributed by atoms with Crippen LogP contribution < -0.4 is 0 Å². The van der Waals surface area contributed by atoms with Gasteiger partial charge in [-0.2, -0.15) is 0 Å². The monoisotopic (exact) mass is 179 g/mol. The van der Waals surface area contributed by atoms with E-state index >= 15 is 0 Å². The number of hydrogen-bond acceptors (Lipinski definition) is 2. The van der Waals surface area contributed by atoms with Crippen LogP contribution in [0.2, 0.25) is 0 Å². The summed E-state index contributed by atoms with van der Waals surface area (Å²) < 4.78 is 18.1. The van der Waals surface area contributed by atoms with E-state index in [1.807, 2.05) is 6.92 Å². The molecule has 13 heavy (non-hydrogen) atoms. The summed E-state index contributed by atoms with van der Waals surface area (Å²) in [5.41, 5.74) is 1.75. The minimum Gasteiger partial charge on any atom is -0.476 e. The zero-order valence-electron chi connectivity index (χ0n) is 7.38. The SMILES string of the molecule is Cc1ccc(F)cc1C1=NCCO1. The fraction of sp³-hybridized carbons (Fsp3) is 0.300. The van der Waals surface area contributed by atoms with Gasteiger partial charge in [0.2, 0.25) is 5.90 Å². The Morgan fingerprint density at radius 3 is 3.00 bits per heavy atom. The maximum absolute atomic E-state index is 12.9. The fourth-order valence-corrected chi connectivity index (χ4v) is 1.32. The number of benzene rings is 1. The third-order valence-corrected chi connectivity index (χ3v) is 2.02. The van der Waals surface area contributed by atoms with Crippen molar-refractivity contribution < 1.29 is 9.13 Å². The lowest BCUT2D eigenvalue weighted by Crippen LogP contribution is -2.03. The second-order valence-electron chi connectivity index (χ2n) is 2.99. The first-order chi connectivity index (χ1) is 6.27. The van der Waals surface area contributed by atoms with Crippen molar-refractivity contribution in [3.63, 3.8) is 0 Å². The van der Waals surface area contributed by atoms with Crippen LogP contribution in [0.4, 0.5) is 4.39 Å². The molecule has 68 valence electrons. The number of hydrogen-bond donors (Lipinski definition) is 0. The highest BCUT2D eigenvalue weighted by molar-refractivity contribution is 5.96. The second-order valence-corrected chi connectivity index (χ2v) is 2.99. The standard InChI is InChI=1S/C10H10FNO/c1-7-2-3-8(11)6-9(7)10-12-4-5-13-10/h2-3,6H,4-5H2,1H3. The van der Waals surface area contributed by atoms with Crippen LogP contribution in [0.5, 0.6) is 0 Å². The Morgan fingerprint density at radius 2 is 2.31 bits per heavy atom. The fourth-order valence-electron chi connectivity index (χ4n) is 1.32. The van der Waals surface area contributed by atoms with Crippen LogP contribution in [0.3, 0.4) is 0 Å². The summed E-state index contributed by atoms with van der Waals surface area (Å²) in [6.45, 7) is 3.19. The van der Waals surface area contributed by atoms with Gasteiger partial charge in [0, 0.05) is 5.56 Å². The molecule has 0 N–H and O–H groups in total. The molecule has 0 atom stereocenters. The van der Waals surface area contributed by atoms with Crippen molar-refractivity contribution in [2.75, 3.05) is 13.2 Å². The van der Waals surface area contributed by atoms with Gasteiger partial charge < -0.3 is 4.74 Å². The second kappa shape index (κ2) is 3.17. The molecule has 0 aliphatic carbocycles. The van der Waals surface area contributed by atoms with Gasteiger partial charge in [0.25, 0.3) is 0 Å². The highest BCUT2D eigenvalue weighted by atomic mass is 19.1. The Bertz CT molecular complexity index is 360. The molecule has 0 radical (unpaired) electrons. The topological polar surface area (TPSA) is 21.6 Å². The first kappa shape index (κ1) is 8.23. The first-order valence-electron chi connectivity index (χ1n) is 4.21. The molecule has 0 saturated heterocycles. The zero-order valence-corrected chi connectivity index (χ0v) is 7.38. The van der Waals surface area contributed by atoms with Crippen LogP contribution >= 0.6 is 0 Å². The van der Waals surface area contributed by atoms with E-state index in [-0.39, 0.29) is 5.82 Å². The van der Waals surface area contributed by atoms with E-state index in [1.165, 1.54) is 12.1 Å². The minimum absolute atomic E-state index is 0.251. The lowest BCUT2D eigenvalue weighted by Gasteiger charge is -2.04. The van der Waals surface area contributed by atoms with E-state index in [0.717, 1.165) is 11.1 Å². The quantitative estimate of drug-likeness (QED) is 0.645. The number of rotatable bonds is 1. The Labute approximate surface area is 76.1 Å². The molecule has 1 aromatic rings. The van der Waals surface area contributed by atoms with E-state index in [0.29, 0.717) is 19.0 Å². The van der Waals surface area contributed by atoms with E-state index < -0.39 is 0 Å². The lowest BCUT2D eigenvalue weighted by molar-refractivity contribution is 0.348. The van der Waals surface area contributed by atoms with Gasteiger partial charge in [0.05, 0.1) is 6.54 Å². The molecule has 0 unspecified atom stereocenters. The summed E-state index contributed by atoms with van der Waals surface area (Å²) in [5.74, 6) is 0.316. The summed E-state index contributed by atoms with van der Waals surface area (Å²) in [6.07, 6.45) is 0. The third kappa shape index (κ3) is 1.54. The normalized spacial score (nSPS) is 15.4. The molecule has 0 amide bonds. The van der Waals surface area contributed by atoms with Crippen LogP contribution in [-0.2, 0) is 4.74 Å². The summed E-state index contributed by atoms with van der Waals surface area (Å²) >= 11 is 0. The molecule has 1 heterocycles. The van der Waals surface area contributed by atoms with Crippen molar-refractivity contribution in [3.05, 3.63) is 35.1 Å². The Hall–Kier alpha value is -1.38. The van der Waals surface area contributed by atoms with E-state index in [4.69, 9.17) is 4.74 Å². The van der Waals surface area contributed by atoms with Gasteiger partial charge >= 0.3 is 0 Å². The Kier molecular flexibility index (Phi) is 2.00. The van der Waals surface area contributed by atoms with Crippen molar-refractivity contribution in [2.45, 2.75) is 6.92 Å². The van der Waals surface area contributed by atoms with Crippen molar-refractivity contribution in [1.29, 1.82) is 0 Å². The maximum Gasteiger partial charge on any atom is 0.216 e. The van der Waals surface area contributed by atoms with Gasteiger partial charge in [-0.15, -0.1) is 0 Å². The molecule has 2 nitrogen and oxygen atoms in total. The number of aryl methyl sites for hydroxylation is 1. The van der Waals surface area contributed by atoms with Crippen LogP contribution in [0, 0.1) is 12.7 Å². The maximum atomic E-state index is 12.9. The first-order valence-corrected chi connectivity index (χ1v) is 4.21. The predicted molar refractivity (Wildman–Crippen MR) is 48.5 cm³/mol. The molecule has 1 aromatic carbocycles. The average Bonchev–Trinajstić information content (AvgIpc) is 2.61. The number of ether oxygens (including phenoxy) is 1. The number of aliphatic imine (C=N–C) groups is 1. The molecule has 0 fully saturated rings. The summed E-state index contributed by atoms with van der Waals surface area (Å²) in [6, 6.07) is 4.63.